The van der Waals surface area contributed by atoms with E-state index in [0.29, 0.717) is 10.9 Å². The Morgan fingerprint density at radius 3 is 2.78 bits per heavy atom. The second-order valence-corrected chi connectivity index (χ2v) is 5.34. The molecule has 5 heteroatoms. The van der Waals surface area contributed by atoms with E-state index in [-0.39, 0.29) is 27.2 Å². The van der Waals surface area contributed by atoms with Crippen molar-refractivity contribution in [3.8, 4) is 0 Å². The predicted molar refractivity (Wildman–Crippen MR) is 69.3 cm³/mol. The first-order valence-electron chi connectivity index (χ1n) is 5.62. The van der Waals surface area contributed by atoms with E-state index in [2.05, 4.69) is 20.9 Å². The second kappa shape index (κ2) is 4.02. The van der Waals surface area contributed by atoms with E-state index in [1.165, 1.54) is 18.3 Å². The van der Waals surface area contributed by atoms with Crippen molar-refractivity contribution in [1.29, 1.82) is 0 Å². The molecule has 0 radical (unpaired) electrons. The minimum Gasteiger partial charge on any atom is -0.360 e. The molecule has 1 fully saturated rings. The van der Waals surface area contributed by atoms with Crippen molar-refractivity contribution < 1.29 is 9.18 Å². The van der Waals surface area contributed by atoms with Crippen LogP contribution in [0.15, 0.2) is 27.6 Å². The Balaban J connectivity index is 2.25. The third kappa shape index (κ3) is 1.79. The summed E-state index contributed by atoms with van der Waals surface area (Å²) in [6.45, 7) is 0. The molecule has 1 aromatic heterocycles. The van der Waals surface area contributed by atoms with Crippen LogP contribution in [0.4, 0.5) is 4.39 Å². The van der Waals surface area contributed by atoms with Gasteiger partial charge >= 0.3 is 0 Å². The third-order valence-corrected chi connectivity index (χ3v) is 3.74. The van der Waals surface area contributed by atoms with Crippen molar-refractivity contribution >= 4 is 32.6 Å². The lowest BCUT2D eigenvalue weighted by atomic mass is 10.1. The molecule has 0 unspecified atom stereocenters. The monoisotopic (exact) mass is 309 g/mol. The fourth-order valence-electron chi connectivity index (χ4n) is 1.96. The molecule has 0 atom stereocenters. The van der Waals surface area contributed by atoms with Crippen molar-refractivity contribution in [2.45, 2.75) is 12.8 Å². The number of halogens is 2. The van der Waals surface area contributed by atoms with Crippen LogP contribution in [0.1, 0.15) is 23.2 Å². The Kier molecular flexibility index (Phi) is 2.59. The van der Waals surface area contributed by atoms with Gasteiger partial charge in [-0.15, -0.1) is 0 Å². The predicted octanol–water partition coefficient (Wildman–Crippen LogP) is 3.02. The topological polar surface area (TPSA) is 49.9 Å². The summed E-state index contributed by atoms with van der Waals surface area (Å²) in [5.74, 6) is -0.564. The smallest absolute Gasteiger partial charge is 0.200 e. The van der Waals surface area contributed by atoms with Crippen molar-refractivity contribution in [3.05, 3.63) is 44.4 Å². The maximum atomic E-state index is 13.3. The highest BCUT2D eigenvalue weighted by molar-refractivity contribution is 9.10. The number of fused-ring (bicyclic) bond motifs is 1. The largest absolute Gasteiger partial charge is 0.360 e. The molecule has 0 saturated heterocycles. The molecule has 1 heterocycles. The summed E-state index contributed by atoms with van der Waals surface area (Å²) < 4.78 is 13.6. The molecule has 0 bridgehead atoms. The molecular weight excluding hydrogens is 301 g/mol. The number of benzene rings is 1. The van der Waals surface area contributed by atoms with Crippen molar-refractivity contribution in [1.82, 2.24) is 4.98 Å². The van der Waals surface area contributed by atoms with Gasteiger partial charge in [-0.3, -0.25) is 9.59 Å². The number of hydrogen-bond donors (Lipinski definition) is 1. The van der Waals surface area contributed by atoms with Crippen molar-refractivity contribution in [2.24, 2.45) is 5.92 Å². The lowest BCUT2D eigenvalue weighted by molar-refractivity contribution is 0.0966. The molecule has 0 aliphatic heterocycles. The van der Waals surface area contributed by atoms with Crippen LogP contribution in [0.25, 0.3) is 10.9 Å². The van der Waals surface area contributed by atoms with Gasteiger partial charge in [-0.05, 0) is 40.9 Å². The molecule has 3 rings (SSSR count). The molecule has 3 nitrogen and oxygen atoms in total. The van der Waals surface area contributed by atoms with Crippen LogP contribution < -0.4 is 5.43 Å². The molecule has 92 valence electrons. The zero-order valence-electron chi connectivity index (χ0n) is 9.30. The number of aromatic amines is 1. The molecule has 1 aliphatic carbocycles. The molecule has 1 N–H and O–H groups in total. The molecular formula is C13H9BrFNO2. The van der Waals surface area contributed by atoms with E-state index in [1.54, 1.807) is 0 Å². The number of ketones is 1. The van der Waals surface area contributed by atoms with E-state index in [4.69, 9.17) is 0 Å². The fraction of sp³-hybridized carbons (Fsp3) is 0.231. The zero-order chi connectivity index (χ0) is 12.9. The minimum absolute atomic E-state index is 0.00700. The highest BCUT2D eigenvalue weighted by Crippen LogP contribution is 2.32. The minimum atomic E-state index is -0.445. The first-order valence-corrected chi connectivity index (χ1v) is 6.42. The summed E-state index contributed by atoms with van der Waals surface area (Å²) in [7, 11) is 0. The molecule has 2 aromatic rings. The molecule has 18 heavy (non-hydrogen) atoms. The third-order valence-electron chi connectivity index (χ3n) is 3.14. The number of aromatic nitrogens is 1. The molecule has 1 aromatic carbocycles. The summed E-state index contributed by atoms with van der Waals surface area (Å²) in [6.07, 6.45) is 3.09. The Morgan fingerprint density at radius 2 is 2.11 bits per heavy atom. The summed E-state index contributed by atoms with van der Waals surface area (Å²) >= 11 is 3.04. The van der Waals surface area contributed by atoms with E-state index in [1.807, 2.05) is 0 Å². The van der Waals surface area contributed by atoms with Crippen LogP contribution in [0.3, 0.4) is 0 Å². The van der Waals surface area contributed by atoms with Crippen LogP contribution in [0, 0.1) is 11.7 Å². The van der Waals surface area contributed by atoms with Crippen molar-refractivity contribution in [2.75, 3.05) is 0 Å². The van der Waals surface area contributed by atoms with E-state index in [9.17, 15) is 14.0 Å². The Bertz CT molecular complexity index is 719. The lowest BCUT2D eigenvalue weighted by Crippen LogP contribution is -2.17. The van der Waals surface area contributed by atoms with Crippen molar-refractivity contribution in [3.63, 3.8) is 0 Å². The molecule has 0 spiro atoms. The summed E-state index contributed by atoms with van der Waals surface area (Å²) in [5.41, 5.74) is 0.234. The fourth-order valence-corrected chi connectivity index (χ4v) is 2.31. The van der Waals surface area contributed by atoms with E-state index >= 15 is 0 Å². The van der Waals surface area contributed by atoms with Crippen LogP contribution in [-0.2, 0) is 0 Å². The zero-order valence-corrected chi connectivity index (χ0v) is 10.9. The SMILES string of the molecule is O=C(c1c[nH]c2cc(F)c(Br)cc2c1=O)C1CC1. The maximum absolute atomic E-state index is 13.3. The summed E-state index contributed by atoms with van der Waals surface area (Å²) in [4.78, 5) is 26.9. The first-order chi connectivity index (χ1) is 8.58. The normalized spacial score (nSPS) is 15.0. The lowest BCUT2D eigenvalue weighted by Gasteiger charge is -2.03. The quantitative estimate of drug-likeness (QED) is 0.867. The number of H-pyrrole nitrogens is 1. The van der Waals surface area contributed by atoms with Gasteiger partial charge in [0.2, 0.25) is 0 Å². The van der Waals surface area contributed by atoms with E-state index < -0.39 is 5.82 Å². The first kappa shape index (κ1) is 11.6. The number of pyridine rings is 1. The Morgan fingerprint density at radius 1 is 1.39 bits per heavy atom. The Labute approximate surface area is 110 Å². The Hall–Kier alpha value is -1.49. The molecule has 1 saturated carbocycles. The maximum Gasteiger partial charge on any atom is 0.200 e. The van der Waals surface area contributed by atoms with E-state index in [0.717, 1.165) is 12.8 Å². The van der Waals surface area contributed by atoms with Crippen LogP contribution in [-0.4, -0.2) is 10.8 Å². The average Bonchev–Trinajstić information content (AvgIpc) is 3.16. The van der Waals surface area contributed by atoms with Gasteiger partial charge in [0.25, 0.3) is 0 Å². The highest BCUT2D eigenvalue weighted by Gasteiger charge is 2.32. The summed E-state index contributed by atoms with van der Waals surface area (Å²) in [6, 6.07) is 2.65. The highest BCUT2D eigenvalue weighted by atomic mass is 79.9. The molecule has 1 aliphatic rings. The van der Waals surface area contributed by atoms with Gasteiger partial charge in [-0.2, -0.15) is 0 Å². The van der Waals surface area contributed by atoms with Gasteiger partial charge < -0.3 is 4.98 Å². The van der Waals surface area contributed by atoms with Gasteiger partial charge in [0.15, 0.2) is 11.2 Å². The van der Waals surface area contributed by atoms with Crippen LogP contribution >= 0.6 is 15.9 Å². The average molecular weight is 310 g/mol. The molecule has 0 amide bonds. The number of carbonyl (C=O) groups excluding carboxylic acids is 1. The summed E-state index contributed by atoms with van der Waals surface area (Å²) in [5, 5.41) is 0.328. The van der Waals surface area contributed by atoms with Crippen LogP contribution in [0.2, 0.25) is 0 Å². The number of rotatable bonds is 2. The standard InChI is InChI=1S/C13H9BrFNO2/c14-9-3-7-11(4-10(9)15)16-5-8(13(7)18)12(17)6-1-2-6/h3-6H,1-2H2,(H,16,18). The number of Topliss-reactive ketones (excluding diaryl/α,β-unsaturated/α-hetero) is 1. The second-order valence-electron chi connectivity index (χ2n) is 4.48. The van der Waals surface area contributed by atoms with Crippen LogP contribution in [0.5, 0.6) is 0 Å². The number of hydrogen-bond acceptors (Lipinski definition) is 2. The van der Waals surface area contributed by atoms with Gasteiger partial charge in [-0.1, -0.05) is 0 Å². The van der Waals surface area contributed by atoms with Gasteiger partial charge in [-0.25, -0.2) is 4.39 Å². The van der Waals surface area contributed by atoms with Gasteiger partial charge in [0.1, 0.15) is 5.82 Å². The number of carbonyl (C=O) groups is 1. The van der Waals surface area contributed by atoms with Gasteiger partial charge in [0.05, 0.1) is 15.6 Å². The van der Waals surface area contributed by atoms with Gasteiger partial charge in [0, 0.05) is 17.5 Å². The number of nitrogens with one attached hydrogen (secondary N) is 1.